The minimum absolute atomic E-state index is 0.519. The Kier molecular flexibility index (Phi) is 13.8. The third-order valence-corrected chi connectivity index (χ3v) is 3.15. The number of hydrogen-bond acceptors (Lipinski definition) is 5. The van der Waals surface area contributed by atoms with Gasteiger partial charge in [0.15, 0.2) is 0 Å². The summed E-state index contributed by atoms with van der Waals surface area (Å²) in [5.41, 5.74) is 0. The number of hydrogen-bond donors (Lipinski definition) is 1. The number of thiol groups is 1. The molecular formula is C13H28O4S. The summed E-state index contributed by atoms with van der Waals surface area (Å²) in [6.45, 7) is 8.85. The van der Waals surface area contributed by atoms with E-state index in [0.29, 0.717) is 51.5 Å². The van der Waals surface area contributed by atoms with Gasteiger partial charge in [-0.25, -0.2) is 0 Å². The van der Waals surface area contributed by atoms with Crippen LogP contribution in [0.15, 0.2) is 0 Å². The van der Waals surface area contributed by atoms with Crippen molar-refractivity contribution in [1.29, 1.82) is 0 Å². The fourth-order valence-corrected chi connectivity index (χ4v) is 1.80. The van der Waals surface area contributed by atoms with Gasteiger partial charge in [0, 0.05) is 7.11 Å². The molecule has 18 heavy (non-hydrogen) atoms. The molecule has 0 heterocycles. The highest BCUT2D eigenvalue weighted by Gasteiger charge is 2.10. The number of ether oxygens (including phenoxy) is 4. The van der Waals surface area contributed by atoms with Gasteiger partial charge in [0.25, 0.3) is 0 Å². The van der Waals surface area contributed by atoms with Crippen molar-refractivity contribution < 1.29 is 18.9 Å². The monoisotopic (exact) mass is 280 g/mol. The molecule has 0 aliphatic rings. The Bertz CT molecular complexity index is 167. The molecule has 0 N–H and O–H groups in total. The van der Waals surface area contributed by atoms with E-state index in [0.717, 1.165) is 12.4 Å². The highest BCUT2D eigenvalue weighted by atomic mass is 32.1. The molecule has 0 radical (unpaired) electrons. The molecule has 0 aromatic carbocycles. The molecule has 0 aliphatic carbocycles. The summed E-state index contributed by atoms with van der Waals surface area (Å²) in [7, 11) is 1.66. The summed E-state index contributed by atoms with van der Waals surface area (Å²) in [4.78, 5) is 0. The lowest BCUT2D eigenvalue weighted by Crippen LogP contribution is -2.19. The molecule has 4 nitrogen and oxygen atoms in total. The van der Waals surface area contributed by atoms with Gasteiger partial charge in [0.1, 0.15) is 0 Å². The van der Waals surface area contributed by atoms with Crippen molar-refractivity contribution in [2.75, 3.05) is 59.1 Å². The lowest BCUT2D eigenvalue weighted by atomic mass is 9.99. The maximum atomic E-state index is 5.56. The third-order valence-electron chi connectivity index (χ3n) is 2.69. The summed E-state index contributed by atoms with van der Waals surface area (Å²) >= 11 is 4.32. The molecule has 0 bridgehead atoms. The SMILES string of the molecule is COCCOCCOCCOCC(CS)C(C)C. The van der Waals surface area contributed by atoms with Gasteiger partial charge in [0.05, 0.1) is 46.2 Å². The second-order valence-electron chi connectivity index (χ2n) is 4.48. The molecule has 1 atom stereocenters. The summed E-state index contributed by atoms with van der Waals surface area (Å²) in [5.74, 6) is 1.99. The largest absolute Gasteiger partial charge is 0.382 e. The zero-order valence-electron chi connectivity index (χ0n) is 11.9. The molecule has 1 unspecified atom stereocenters. The molecule has 0 aromatic heterocycles. The van der Waals surface area contributed by atoms with Crippen molar-refractivity contribution >= 4 is 12.6 Å². The Morgan fingerprint density at radius 2 is 1.33 bits per heavy atom. The Morgan fingerprint density at radius 3 is 1.78 bits per heavy atom. The van der Waals surface area contributed by atoms with Crippen LogP contribution >= 0.6 is 12.6 Å². The van der Waals surface area contributed by atoms with E-state index in [2.05, 4.69) is 26.5 Å². The van der Waals surface area contributed by atoms with Crippen LogP contribution < -0.4 is 0 Å². The van der Waals surface area contributed by atoms with E-state index in [1.807, 2.05) is 0 Å². The highest BCUT2D eigenvalue weighted by molar-refractivity contribution is 7.80. The highest BCUT2D eigenvalue weighted by Crippen LogP contribution is 2.12. The van der Waals surface area contributed by atoms with Crippen molar-refractivity contribution in [2.24, 2.45) is 11.8 Å². The van der Waals surface area contributed by atoms with Crippen molar-refractivity contribution in [2.45, 2.75) is 13.8 Å². The van der Waals surface area contributed by atoms with E-state index in [4.69, 9.17) is 18.9 Å². The molecule has 0 saturated heterocycles. The average molecular weight is 280 g/mol. The van der Waals surface area contributed by atoms with Crippen molar-refractivity contribution in [3.05, 3.63) is 0 Å². The van der Waals surface area contributed by atoms with Crippen molar-refractivity contribution in [3.63, 3.8) is 0 Å². The standard InChI is InChI=1S/C13H28O4S/c1-12(2)13(11-18)10-17-9-8-16-7-6-15-5-4-14-3/h12-13,18H,4-11H2,1-3H3. The molecule has 0 saturated carbocycles. The molecule has 0 spiro atoms. The first-order valence-corrected chi connectivity index (χ1v) is 7.18. The van der Waals surface area contributed by atoms with E-state index in [1.54, 1.807) is 7.11 Å². The van der Waals surface area contributed by atoms with E-state index in [9.17, 15) is 0 Å². The van der Waals surface area contributed by atoms with E-state index in [1.165, 1.54) is 0 Å². The molecule has 110 valence electrons. The van der Waals surface area contributed by atoms with Gasteiger partial charge in [-0.05, 0) is 17.6 Å². The molecule has 0 rings (SSSR count). The zero-order valence-corrected chi connectivity index (χ0v) is 12.8. The second-order valence-corrected chi connectivity index (χ2v) is 4.84. The molecule has 0 fully saturated rings. The predicted molar refractivity (Wildman–Crippen MR) is 76.5 cm³/mol. The van der Waals surface area contributed by atoms with Crippen LogP contribution in [0.3, 0.4) is 0 Å². The summed E-state index contributed by atoms with van der Waals surface area (Å²) in [6, 6.07) is 0. The van der Waals surface area contributed by atoms with Gasteiger partial charge >= 0.3 is 0 Å². The van der Waals surface area contributed by atoms with Crippen LogP contribution in [0.1, 0.15) is 13.8 Å². The van der Waals surface area contributed by atoms with Crippen molar-refractivity contribution in [1.82, 2.24) is 0 Å². The Balaban J connectivity index is 3.15. The van der Waals surface area contributed by atoms with Crippen LogP contribution in [0.5, 0.6) is 0 Å². The van der Waals surface area contributed by atoms with Crippen LogP contribution in [0.2, 0.25) is 0 Å². The molecular weight excluding hydrogens is 252 g/mol. The molecule has 5 heteroatoms. The first kappa shape index (κ1) is 18.2. The third kappa shape index (κ3) is 11.3. The van der Waals surface area contributed by atoms with Crippen LogP contribution in [-0.4, -0.2) is 59.1 Å². The van der Waals surface area contributed by atoms with Gasteiger partial charge in [-0.15, -0.1) is 0 Å². The van der Waals surface area contributed by atoms with E-state index in [-0.39, 0.29) is 0 Å². The normalized spacial score (nSPS) is 13.2. The lowest BCUT2D eigenvalue weighted by Gasteiger charge is -2.18. The zero-order chi connectivity index (χ0) is 13.6. The summed E-state index contributed by atoms with van der Waals surface area (Å²) in [5, 5.41) is 0. The van der Waals surface area contributed by atoms with Gasteiger partial charge in [0.2, 0.25) is 0 Å². The Morgan fingerprint density at radius 1 is 0.833 bits per heavy atom. The van der Waals surface area contributed by atoms with Gasteiger partial charge in [-0.3, -0.25) is 0 Å². The minimum Gasteiger partial charge on any atom is -0.382 e. The maximum absolute atomic E-state index is 5.56. The van der Waals surface area contributed by atoms with Crippen LogP contribution in [-0.2, 0) is 18.9 Å². The summed E-state index contributed by atoms with van der Waals surface area (Å²) in [6.07, 6.45) is 0. The second kappa shape index (κ2) is 13.6. The predicted octanol–water partition coefficient (Wildman–Crippen LogP) is 1.88. The van der Waals surface area contributed by atoms with Crippen LogP contribution in [0.4, 0.5) is 0 Å². The van der Waals surface area contributed by atoms with Crippen molar-refractivity contribution in [3.8, 4) is 0 Å². The van der Waals surface area contributed by atoms with Gasteiger partial charge < -0.3 is 18.9 Å². The quantitative estimate of drug-likeness (QED) is 0.413. The minimum atomic E-state index is 0.519. The van der Waals surface area contributed by atoms with E-state index >= 15 is 0 Å². The van der Waals surface area contributed by atoms with Gasteiger partial charge in [-0.2, -0.15) is 12.6 Å². The fourth-order valence-electron chi connectivity index (χ4n) is 1.27. The average Bonchev–Trinajstić information content (AvgIpc) is 2.35. The molecule has 0 aromatic rings. The Hall–Kier alpha value is 0.190. The van der Waals surface area contributed by atoms with E-state index < -0.39 is 0 Å². The first-order chi connectivity index (χ1) is 8.72. The lowest BCUT2D eigenvalue weighted by molar-refractivity contribution is -0.00253. The molecule has 0 amide bonds. The molecule has 0 aliphatic heterocycles. The van der Waals surface area contributed by atoms with Crippen LogP contribution in [0, 0.1) is 11.8 Å². The number of methoxy groups -OCH3 is 1. The fraction of sp³-hybridized carbons (Fsp3) is 1.00. The van der Waals surface area contributed by atoms with Gasteiger partial charge in [-0.1, -0.05) is 13.8 Å². The first-order valence-electron chi connectivity index (χ1n) is 6.55. The maximum Gasteiger partial charge on any atom is 0.0701 e. The summed E-state index contributed by atoms with van der Waals surface area (Å²) < 4.78 is 21.1. The van der Waals surface area contributed by atoms with Crippen LogP contribution in [0.25, 0.3) is 0 Å². The Labute approximate surface area is 117 Å². The smallest absolute Gasteiger partial charge is 0.0701 e. The topological polar surface area (TPSA) is 36.9 Å². The number of rotatable bonds is 13.